The fourth-order valence-electron chi connectivity index (χ4n) is 2.96. The van der Waals surface area contributed by atoms with E-state index >= 15 is 0 Å². The fraction of sp³-hybridized carbons (Fsp3) is 1.00. The summed E-state index contributed by atoms with van der Waals surface area (Å²) in [7, 11) is 0. The predicted octanol–water partition coefficient (Wildman–Crippen LogP) is 3.05. The molecule has 1 atom stereocenters. The first kappa shape index (κ1) is 16.9. The van der Waals surface area contributed by atoms with E-state index in [0.29, 0.717) is 11.6 Å². The summed E-state index contributed by atoms with van der Waals surface area (Å²) in [5.74, 6) is 0. The van der Waals surface area contributed by atoms with E-state index in [1.165, 1.54) is 38.6 Å². The third-order valence-electron chi connectivity index (χ3n) is 4.72. The average molecular weight is 270 g/mol. The lowest BCUT2D eigenvalue weighted by molar-refractivity contribution is 0.0354. The zero-order valence-corrected chi connectivity index (χ0v) is 13.5. The second kappa shape index (κ2) is 8.93. The van der Waals surface area contributed by atoms with Crippen LogP contribution in [0.25, 0.3) is 0 Å². The van der Waals surface area contributed by atoms with Gasteiger partial charge in [0.15, 0.2) is 0 Å². The van der Waals surface area contributed by atoms with E-state index in [4.69, 9.17) is 4.74 Å². The number of ether oxygens (including phenoxy) is 1. The van der Waals surface area contributed by atoms with Gasteiger partial charge in [0, 0.05) is 37.8 Å². The van der Waals surface area contributed by atoms with Gasteiger partial charge >= 0.3 is 0 Å². The Morgan fingerprint density at radius 2 is 1.89 bits per heavy atom. The lowest BCUT2D eigenvalue weighted by Gasteiger charge is -2.47. The first-order valence-electron chi connectivity index (χ1n) is 8.28. The van der Waals surface area contributed by atoms with Crippen molar-refractivity contribution in [2.24, 2.45) is 0 Å². The molecular formula is C16H34N2O. The molecule has 1 aliphatic heterocycles. The van der Waals surface area contributed by atoms with Crippen molar-refractivity contribution in [2.45, 2.75) is 71.4 Å². The van der Waals surface area contributed by atoms with Gasteiger partial charge in [0.1, 0.15) is 0 Å². The number of nitrogens with one attached hydrogen (secondary N) is 1. The second-order valence-electron chi connectivity index (χ2n) is 5.87. The molecular weight excluding hydrogens is 236 g/mol. The normalized spacial score (nSPS) is 23.7. The highest BCUT2D eigenvalue weighted by Gasteiger charge is 2.35. The highest BCUT2D eigenvalue weighted by Crippen LogP contribution is 2.23. The van der Waals surface area contributed by atoms with Gasteiger partial charge in [-0.3, -0.25) is 4.90 Å². The maximum absolute atomic E-state index is 5.74. The molecule has 1 heterocycles. The number of unbranched alkanes of at least 4 members (excludes halogenated alkanes) is 1. The van der Waals surface area contributed by atoms with Crippen LogP contribution in [0.1, 0.15) is 59.8 Å². The average Bonchev–Trinajstić information content (AvgIpc) is 2.46. The second-order valence-corrected chi connectivity index (χ2v) is 5.87. The third kappa shape index (κ3) is 5.05. The molecule has 1 saturated heterocycles. The Morgan fingerprint density at radius 3 is 2.47 bits per heavy atom. The molecule has 0 radical (unpaired) electrons. The lowest BCUT2D eigenvalue weighted by atomic mass is 9.88. The zero-order chi connectivity index (χ0) is 14.1. The summed E-state index contributed by atoms with van der Waals surface area (Å²) < 4.78 is 5.74. The molecule has 0 aromatic rings. The first-order valence-corrected chi connectivity index (χ1v) is 8.28. The number of hydrogen-bond acceptors (Lipinski definition) is 3. The Kier molecular flexibility index (Phi) is 7.96. The Bertz CT molecular complexity index is 229. The molecule has 19 heavy (non-hydrogen) atoms. The molecule has 114 valence electrons. The Morgan fingerprint density at radius 1 is 1.16 bits per heavy atom. The van der Waals surface area contributed by atoms with Gasteiger partial charge in [-0.15, -0.1) is 0 Å². The van der Waals surface area contributed by atoms with Crippen LogP contribution in [0.2, 0.25) is 0 Å². The van der Waals surface area contributed by atoms with Crippen molar-refractivity contribution in [1.29, 1.82) is 0 Å². The van der Waals surface area contributed by atoms with Crippen molar-refractivity contribution >= 4 is 0 Å². The highest BCUT2D eigenvalue weighted by molar-refractivity contribution is 4.96. The molecule has 1 rings (SSSR count). The van der Waals surface area contributed by atoms with Crippen LogP contribution in [-0.2, 0) is 4.74 Å². The highest BCUT2D eigenvalue weighted by atomic mass is 16.5. The Labute approximate surface area is 120 Å². The molecule has 0 aromatic heterocycles. The largest absolute Gasteiger partial charge is 0.380 e. The number of hydrogen-bond donors (Lipinski definition) is 1. The molecule has 3 heteroatoms. The molecule has 0 spiro atoms. The summed E-state index contributed by atoms with van der Waals surface area (Å²) in [6, 6.07) is 0.681. The molecule has 0 amide bonds. The van der Waals surface area contributed by atoms with Crippen LogP contribution in [0.4, 0.5) is 0 Å². The van der Waals surface area contributed by atoms with Crippen LogP contribution in [0, 0.1) is 0 Å². The molecule has 1 fully saturated rings. The van der Waals surface area contributed by atoms with E-state index in [9.17, 15) is 0 Å². The molecule has 0 aliphatic carbocycles. The van der Waals surface area contributed by atoms with E-state index < -0.39 is 0 Å². The third-order valence-corrected chi connectivity index (χ3v) is 4.72. The predicted molar refractivity (Wildman–Crippen MR) is 82.7 cm³/mol. The topological polar surface area (TPSA) is 24.5 Å². The maximum atomic E-state index is 5.74. The summed E-state index contributed by atoms with van der Waals surface area (Å²) in [5, 5.41) is 3.79. The summed E-state index contributed by atoms with van der Waals surface area (Å²) in [6.45, 7) is 14.3. The van der Waals surface area contributed by atoms with Gasteiger partial charge < -0.3 is 10.1 Å². The van der Waals surface area contributed by atoms with Gasteiger partial charge in [0.05, 0.1) is 6.61 Å². The molecule has 1 aliphatic rings. The van der Waals surface area contributed by atoms with Gasteiger partial charge in [-0.25, -0.2) is 0 Å². The first-order chi connectivity index (χ1) is 9.21. The van der Waals surface area contributed by atoms with Crippen LogP contribution in [0.15, 0.2) is 0 Å². The minimum Gasteiger partial charge on any atom is -0.380 e. The van der Waals surface area contributed by atoms with Gasteiger partial charge in [-0.05, 0) is 25.7 Å². The number of nitrogens with zero attached hydrogens (tertiary/aromatic N) is 1. The fourth-order valence-corrected chi connectivity index (χ4v) is 2.96. The van der Waals surface area contributed by atoms with Crippen LogP contribution in [0.3, 0.4) is 0 Å². The summed E-state index contributed by atoms with van der Waals surface area (Å²) in [6.07, 6.45) is 6.07. The van der Waals surface area contributed by atoms with Crippen molar-refractivity contribution in [3.05, 3.63) is 0 Å². The van der Waals surface area contributed by atoms with Gasteiger partial charge in [0.25, 0.3) is 0 Å². The number of piperazine rings is 1. The molecule has 1 unspecified atom stereocenters. The number of rotatable bonds is 9. The van der Waals surface area contributed by atoms with Gasteiger partial charge in [-0.1, -0.05) is 34.1 Å². The van der Waals surface area contributed by atoms with E-state index in [0.717, 1.165) is 26.3 Å². The maximum Gasteiger partial charge on any atom is 0.0593 e. The molecule has 3 nitrogen and oxygen atoms in total. The van der Waals surface area contributed by atoms with Crippen molar-refractivity contribution in [3.63, 3.8) is 0 Å². The van der Waals surface area contributed by atoms with Crippen molar-refractivity contribution in [1.82, 2.24) is 10.2 Å². The van der Waals surface area contributed by atoms with Crippen molar-refractivity contribution in [2.75, 3.05) is 32.8 Å². The quantitative estimate of drug-likeness (QED) is 0.652. The smallest absolute Gasteiger partial charge is 0.0593 e. The minimum absolute atomic E-state index is 0.328. The SMILES string of the molecule is CCCCOCCN1CC(CC)(CC)NCC1CC. The zero-order valence-electron chi connectivity index (χ0n) is 13.5. The van der Waals surface area contributed by atoms with Gasteiger partial charge in [0.2, 0.25) is 0 Å². The molecule has 0 aromatic carbocycles. The van der Waals surface area contributed by atoms with E-state index in [1.54, 1.807) is 0 Å². The standard InChI is InChI=1S/C16H34N2O/c1-5-9-11-19-12-10-18-14-16(7-3,8-4)17-13-15(18)6-2/h15,17H,5-14H2,1-4H3. The van der Waals surface area contributed by atoms with Crippen LogP contribution in [-0.4, -0.2) is 49.3 Å². The van der Waals surface area contributed by atoms with E-state index in [-0.39, 0.29) is 0 Å². The molecule has 1 N–H and O–H groups in total. The van der Waals surface area contributed by atoms with E-state index in [2.05, 4.69) is 37.9 Å². The van der Waals surface area contributed by atoms with Crippen LogP contribution in [0.5, 0.6) is 0 Å². The molecule has 0 saturated carbocycles. The Hall–Kier alpha value is -0.120. The summed E-state index contributed by atoms with van der Waals surface area (Å²) in [5.41, 5.74) is 0.328. The Balaban J connectivity index is 2.41. The minimum atomic E-state index is 0.328. The summed E-state index contributed by atoms with van der Waals surface area (Å²) >= 11 is 0. The van der Waals surface area contributed by atoms with Crippen LogP contribution < -0.4 is 5.32 Å². The summed E-state index contributed by atoms with van der Waals surface area (Å²) in [4.78, 5) is 2.65. The molecule has 0 bridgehead atoms. The van der Waals surface area contributed by atoms with Crippen LogP contribution >= 0.6 is 0 Å². The van der Waals surface area contributed by atoms with Crippen molar-refractivity contribution in [3.8, 4) is 0 Å². The van der Waals surface area contributed by atoms with Gasteiger partial charge in [-0.2, -0.15) is 0 Å². The van der Waals surface area contributed by atoms with E-state index in [1.807, 2.05) is 0 Å². The van der Waals surface area contributed by atoms with Crippen molar-refractivity contribution < 1.29 is 4.74 Å². The monoisotopic (exact) mass is 270 g/mol. The lowest BCUT2D eigenvalue weighted by Crippen LogP contribution is -2.64.